The largest absolute Gasteiger partial charge is 0.494 e. The van der Waals surface area contributed by atoms with Crippen LogP contribution in [0.5, 0.6) is 11.5 Å². The summed E-state index contributed by atoms with van der Waals surface area (Å²) in [5, 5.41) is 0. The molecule has 24 heavy (non-hydrogen) atoms. The van der Waals surface area contributed by atoms with Gasteiger partial charge in [-0.1, -0.05) is 51.0 Å². The van der Waals surface area contributed by atoms with Gasteiger partial charge in [0.25, 0.3) is 0 Å². The lowest BCUT2D eigenvalue weighted by molar-refractivity contribution is 0.339. The Morgan fingerprint density at radius 2 is 1.00 bits per heavy atom. The summed E-state index contributed by atoms with van der Waals surface area (Å²) in [6.45, 7) is 10.00. The van der Waals surface area contributed by atoms with Crippen molar-refractivity contribution in [3.05, 3.63) is 59.7 Å². The monoisotopic (exact) mass is 326 g/mol. The molecule has 0 unspecified atom stereocenters. The van der Waals surface area contributed by atoms with Crippen molar-refractivity contribution < 1.29 is 9.47 Å². The average molecular weight is 326 g/mol. The van der Waals surface area contributed by atoms with Gasteiger partial charge in [0.2, 0.25) is 0 Å². The fourth-order valence-electron chi connectivity index (χ4n) is 3.37. The van der Waals surface area contributed by atoms with Crippen molar-refractivity contribution >= 4 is 0 Å². The van der Waals surface area contributed by atoms with E-state index in [9.17, 15) is 0 Å². The fraction of sp³-hybridized carbons (Fsp3) is 0.455. The lowest BCUT2D eigenvalue weighted by atomic mass is 9.78. The Morgan fingerprint density at radius 3 is 1.29 bits per heavy atom. The van der Waals surface area contributed by atoms with Gasteiger partial charge in [0.15, 0.2) is 0 Å². The molecule has 2 nitrogen and oxygen atoms in total. The van der Waals surface area contributed by atoms with E-state index in [4.69, 9.17) is 9.47 Å². The molecule has 0 fully saturated rings. The van der Waals surface area contributed by atoms with Crippen LogP contribution in [0.15, 0.2) is 48.5 Å². The molecule has 0 saturated carbocycles. The number of ether oxygens (including phenoxy) is 2. The van der Waals surface area contributed by atoms with E-state index in [0.29, 0.717) is 25.0 Å². The third kappa shape index (κ3) is 4.53. The highest BCUT2D eigenvalue weighted by Gasteiger charge is 2.22. The predicted molar refractivity (Wildman–Crippen MR) is 101 cm³/mol. The van der Waals surface area contributed by atoms with E-state index >= 15 is 0 Å². The molecule has 2 rings (SSSR count). The van der Waals surface area contributed by atoms with Crippen LogP contribution >= 0.6 is 0 Å². The lowest BCUT2D eigenvalue weighted by Crippen LogP contribution is -2.13. The van der Waals surface area contributed by atoms with Crippen LogP contribution in [0, 0.1) is 5.92 Å². The van der Waals surface area contributed by atoms with Crippen molar-refractivity contribution in [1.82, 2.24) is 0 Å². The summed E-state index contributed by atoms with van der Waals surface area (Å²) >= 11 is 0. The van der Waals surface area contributed by atoms with Gasteiger partial charge in [-0.2, -0.15) is 0 Å². The maximum Gasteiger partial charge on any atom is 0.119 e. The van der Waals surface area contributed by atoms with Crippen LogP contribution in [-0.4, -0.2) is 13.2 Å². The second kappa shape index (κ2) is 9.36. The van der Waals surface area contributed by atoms with Gasteiger partial charge < -0.3 is 9.47 Å². The Kier molecular flexibility index (Phi) is 7.17. The van der Waals surface area contributed by atoms with Gasteiger partial charge in [-0.15, -0.1) is 0 Å². The van der Waals surface area contributed by atoms with Gasteiger partial charge in [0, 0.05) is 5.92 Å². The smallest absolute Gasteiger partial charge is 0.119 e. The minimum atomic E-state index is 0.409. The second-order valence-corrected chi connectivity index (χ2v) is 6.06. The molecule has 0 radical (unpaired) electrons. The maximum absolute atomic E-state index is 5.59. The first-order valence-corrected chi connectivity index (χ1v) is 9.18. The van der Waals surface area contributed by atoms with Crippen molar-refractivity contribution in [2.45, 2.75) is 46.5 Å². The standard InChI is InChI=1S/C22H30O2/c1-5-17(6-2)22(18-9-13-20(14-10-18)23-7-3)19-11-15-21(16-12-19)24-8-4/h9-17,22H,5-8H2,1-4H3. The first kappa shape index (κ1) is 18.4. The van der Waals surface area contributed by atoms with Gasteiger partial charge in [0.05, 0.1) is 13.2 Å². The molecule has 0 aliphatic carbocycles. The molecule has 0 amide bonds. The molecular formula is C22H30O2. The van der Waals surface area contributed by atoms with Gasteiger partial charge >= 0.3 is 0 Å². The highest BCUT2D eigenvalue weighted by molar-refractivity contribution is 5.39. The predicted octanol–water partition coefficient (Wildman–Crippen LogP) is 6.05. The van der Waals surface area contributed by atoms with Crippen LogP contribution in [0.2, 0.25) is 0 Å². The summed E-state index contributed by atoms with van der Waals surface area (Å²) in [6, 6.07) is 17.2. The van der Waals surface area contributed by atoms with Crippen LogP contribution in [0.3, 0.4) is 0 Å². The molecule has 2 aromatic carbocycles. The molecule has 0 heterocycles. The first-order valence-electron chi connectivity index (χ1n) is 9.18. The van der Waals surface area contributed by atoms with Crippen LogP contribution in [-0.2, 0) is 0 Å². The fourth-order valence-corrected chi connectivity index (χ4v) is 3.37. The number of hydrogen-bond acceptors (Lipinski definition) is 2. The van der Waals surface area contributed by atoms with Crippen molar-refractivity contribution in [3.63, 3.8) is 0 Å². The molecule has 130 valence electrons. The van der Waals surface area contributed by atoms with Gasteiger partial charge in [0.1, 0.15) is 11.5 Å². The Labute approximate surface area is 146 Å². The summed E-state index contributed by atoms with van der Waals surface area (Å²) in [4.78, 5) is 0. The van der Waals surface area contributed by atoms with E-state index in [2.05, 4.69) is 62.4 Å². The van der Waals surface area contributed by atoms with E-state index in [-0.39, 0.29) is 0 Å². The van der Waals surface area contributed by atoms with E-state index in [1.54, 1.807) is 0 Å². The highest BCUT2D eigenvalue weighted by Crippen LogP contribution is 2.37. The van der Waals surface area contributed by atoms with Crippen LogP contribution in [0.4, 0.5) is 0 Å². The molecule has 0 aliphatic rings. The maximum atomic E-state index is 5.59. The molecule has 0 spiro atoms. The number of benzene rings is 2. The average Bonchev–Trinajstić information content (AvgIpc) is 2.62. The molecule has 0 bridgehead atoms. The Hall–Kier alpha value is -1.96. The van der Waals surface area contributed by atoms with Crippen LogP contribution in [0.25, 0.3) is 0 Å². The first-order chi connectivity index (χ1) is 11.7. The van der Waals surface area contributed by atoms with Crippen molar-refractivity contribution in [3.8, 4) is 11.5 Å². The zero-order valence-corrected chi connectivity index (χ0v) is 15.4. The van der Waals surface area contributed by atoms with Gasteiger partial charge in [-0.3, -0.25) is 0 Å². The summed E-state index contributed by atoms with van der Waals surface area (Å²) < 4.78 is 11.2. The summed E-state index contributed by atoms with van der Waals surface area (Å²) in [5.41, 5.74) is 2.72. The minimum absolute atomic E-state index is 0.409. The summed E-state index contributed by atoms with van der Waals surface area (Å²) in [5.74, 6) is 2.92. The molecule has 0 aromatic heterocycles. The molecular weight excluding hydrogens is 296 g/mol. The molecule has 0 aliphatic heterocycles. The van der Waals surface area contributed by atoms with Crippen molar-refractivity contribution in [2.24, 2.45) is 5.92 Å². The van der Waals surface area contributed by atoms with Crippen molar-refractivity contribution in [1.29, 1.82) is 0 Å². The van der Waals surface area contributed by atoms with Crippen molar-refractivity contribution in [2.75, 3.05) is 13.2 Å². The number of hydrogen-bond donors (Lipinski definition) is 0. The Bertz CT molecular complexity index is 533. The molecule has 0 saturated heterocycles. The molecule has 0 atom stereocenters. The summed E-state index contributed by atoms with van der Waals surface area (Å²) in [7, 11) is 0. The van der Waals surface area contributed by atoms with E-state index in [0.717, 1.165) is 11.5 Å². The zero-order valence-electron chi connectivity index (χ0n) is 15.4. The van der Waals surface area contributed by atoms with Crippen LogP contribution in [0.1, 0.15) is 57.6 Å². The molecule has 0 N–H and O–H groups in total. The van der Waals surface area contributed by atoms with Gasteiger partial charge in [-0.05, 0) is 55.2 Å². The third-order valence-electron chi connectivity index (χ3n) is 4.62. The Morgan fingerprint density at radius 1 is 0.625 bits per heavy atom. The van der Waals surface area contributed by atoms with Gasteiger partial charge in [-0.25, -0.2) is 0 Å². The van der Waals surface area contributed by atoms with E-state index < -0.39 is 0 Å². The highest BCUT2D eigenvalue weighted by atomic mass is 16.5. The topological polar surface area (TPSA) is 18.5 Å². The second-order valence-electron chi connectivity index (χ2n) is 6.06. The summed E-state index contributed by atoms with van der Waals surface area (Å²) in [6.07, 6.45) is 2.34. The number of rotatable bonds is 9. The van der Waals surface area contributed by atoms with E-state index in [1.807, 2.05) is 13.8 Å². The lowest BCUT2D eigenvalue weighted by Gasteiger charge is -2.27. The minimum Gasteiger partial charge on any atom is -0.494 e. The SMILES string of the molecule is CCOc1ccc(C(c2ccc(OCC)cc2)C(CC)CC)cc1. The van der Waals surface area contributed by atoms with E-state index in [1.165, 1.54) is 24.0 Å². The molecule has 2 heteroatoms. The zero-order chi connectivity index (χ0) is 17.4. The molecule has 2 aromatic rings. The normalized spacial score (nSPS) is 11.1. The third-order valence-corrected chi connectivity index (χ3v) is 4.62. The van der Waals surface area contributed by atoms with Crippen LogP contribution < -0.4 is 9.47 Å². The Balaban J connectivity index is 2.33. The quantitative estimate of drug-likeness (QED) is 0.558.